The topological polar surface area (TPSA) is 114 Å². The van der Waals surface area contributed by atoms with E-state index in [4.69, 9.17) is 15.2 Å². The number of nitrogen functional groups attached to an aromatic ring is 1. The molecule has 0 bridgehead atoms. The quantitative estimate of drug-likeness (QED) is 0.460. The summed E-state index contributed by atoms with van der Waals surface area (Å²) in [5.74, 6) is 2.72. The molecule has 0 spiro atoms. The molecule has 1 aliphatic heterocycles. The van der Waals surface area contributed by atoms with Gasteiger partial charge in [-0.25, -0.2) is 4.98 Å². The Labute approximate surface area is 176 Å². The third-order valence-electron chi connectivity index (χ3n) is 5.33. The Morgan fingerprint density at radius 2 is 2.00 bits per heavy atom. The lowest BCUT2D eigenvalue weighted by Gasteiger charge is -2.16. The van der Waals surface area contributed by atoms with E-state index >= 15 is 0 Å². The van der Waals surface area contributed by atoms with Gasteiger partial charge in [0.2, 0.25) is 5.95 Å². The number of nitrogens with one attached hydrogen (secondary N) is 2. The van der Waals surface area contributed by atoms with Crippen molar-refractivity contribution >= 4 is 28.5 Å². The van der Waals surface area contributed by atoms with Crippen LogP contribution in [-0.4, -0.2) is 58.4 Å². The molecule has 1 fully saturated rings. The first-order valence-corrected chi connectivity index (χ1v) is 10.5. The van der Waals surface area contributed by atoms with Gasteiger partial charge in [-0.05, 0) is 44.8 Å². The van der Waals surface area contributed by atoms with Gasteiger partial charge in [0.05, 0.1) is 19.2 Å². The maximum atomic E-state index is 6.02. The molecule has 9 nitrogen and oxygen atoms in total. The van der Waals surface area contributed by atoms with E-state index in [0.717, 1.165) is 30.5 Å². The summed E-state index contributed by atoms with van der Waals surface area (Å²) in [5, 5.41) is 11.3. The lowest BCUT2D eigenvalue weighted by Crippen LogP contribution is -2.21. The van der Waals surface area contributed by atoms with Crippen LogP contribution in [0.25, 0.3) is 10.9 Å². The number of rotatable bonds is 9. The first-order chi connectivity index (χ1) is 14.7. The zero-order valence-corrected chi connectivity index (χ0v) is 17.6. The van der Waals surface area contributed by atoms with Crippen LogP contribution in [0.15, 0.2) is 18.2 Å². The minimum Gasteiger partial charge on any atom is -0.493 e. The molecule has 0 amide bonds. The van der Waals surface area contributed by atoms with Crippen LogP contribution in [0.3, 0.4) is 0 Å². The first kappa shape index (κ1) is 20.2. The van der Waals surface area contributed by atoms with Crippen LogP contribution in [0.5, 0.6) is 11.5 Å². The third-order valence-corrected chi connectivity index (χ3v) is 5.33. The van der Waals surface area contributed by atoms with Crippen LogP contribution in [0.4, 0.5) is 17.6 Å². The highest BCUT2D eigenvalue weighted by molar-refractivity contribution is 5.93. The second-order valence-electron chi connectivity index (χ2n) is 7.46. The number of anilines is 3. The lowest BCUT2D eigenvalue weighted by molar-refractivity contribution is 0.254. The minimum absolute atomic E-state index is 0.182. The van der Waals surface area contributed by atoms with Gasteiger partial charge in [-0.3, -0.25) is 5.10 Å². The van der Waals surface area contributed by atoms with Crippen molar-refractivity contribution in [1.82, 2.24) is 25.1 Å². The van der Waals surface area contributed by atoms with E-state index in [1.165, 1.54) is 25.9 Å². The molecule has 0 atom stereocenters. The molecule has 160 valence electrons. The van der Waals surface area contributed by atoms with Gasteiger partial charge in [0, 0.05) is 29.8 Å². The monoisotopic (exact) mass is 411 g/mol. The largest absolute Gasteiger partial charge is 0.493 e. The van der Waals surface area contributed by atoms with Crippen molar-refractivity contribution in [3.63, 3.8) is 0 Å². The lowest BCUT2D eigenvalue weighted by atomic mass is 10.2. The summed E-state index contributed by atoms with van der Waals surface area (Å²) < 4.78 is 11.6. The van der Waals surface area contributed by atoms with Gasteiger partial charge in [0.15, 0.2) is 17.3 Å². The van der Waals surface area contributed by atoms with Crippen LogP contribution < -0.4 is 20.5 Å². The number of nitrogens with two attached hydrogens (primary N) is 1. The molecule has 1 aliphatic rings. The van der Waals surface area contributed by atoms with Gasteiger partial charge in [0.25, 0.3) is 0 Å². The van der Waals surface area contributed by atoms with Gasteiger partial charge in [-0.2, -0.15) is 10.1 Å². The Morgan fingerprint density at radius 1 is 1.17 bits per heavy atom. The molecule has 3 aromatic rings. The average Bonchev–Trinajstić information content (AvgIpc) is 3.42. The molecule has 0 unspecified atom stereocenters. The van der Waals surface area contributed by atoms with Crippen LogP contribution >= 0.6 is 0 Å². The van der Waals surface area contributed by atoms with Crippen molar-refractivity contribution in [2.45, 2.75) is 32.6 Å². The maximum Gasteiger partial charge on any atom is 0.222 e. The van der Waals surface area contributed by atoms with Crippen molar-refractivity contribution in [1.29, 1.82) is 0 Å². The van der Waals surface area contributed by atoms with Gasteiger partial charge in [0.1, 0.15) is 5.82 Å². The Hall–Kier alpha value is -3.07. The van der Waals surface area contributed by atoms with E-state index in [1.807, 2.05) is 18.2 Å². The summed E-state index contributed by atoms with van der Waals surface area (Å²) >= 11 is 0. The number of methoxy groups -OCH3 is 1. The normalized spacial score (nSPS) is 14.3. The van der Waals surface area contributed by atoms with Crippen molar-refractivity contribution in [3.05, 3.63) is 23.9 Å². The summed E-state index contributed by atoms with van der Waals surface area (Å²) in [5.41, 5.74) is 7.67. The molecule has 9 heteroatoms. The smallest absolute Gasteiger partial charge is 0.222 e. The molecule has 4 N–H and O–H groups in total. The molecular formula is C21H29N7O2. The predicted octanol–water partition coefficient (Wildman–Crippen LogP) is 3.11. The number of likely N-dealkylation sites (tertiary alicyclic amines) is 1. The number of H-pyrrole nitrogens is 1. The number of hydrogen-bond acceptors (Lipinski definition) is 8. The van der Waals surface area contributed by atoms with Gasteiger partial charge in [-0.1, -0.05) is 6.92 Å². The van der Waals surface area contributed by atoms with E-state index in [0.29, 0.717) is 35.3 Å². The number of hydrogen-bond donors (Lipinski definition) is 3. The second kappa shape index (κ2) is 9.17. The number of benzene rings is 1. The van der Waals surface area contributed by atoms with E-state index in [2.05, 4.69) is 37.3 Å². The van der Waals surface area contributed by atoms with E-state index in [9.17, 15) is 0 Å². The third kappa shape index (κ3) is 4.56. The van der Waals surface area contributed by atoms with Crippen molar-refractivity contribution < 1.29 is 9.47 Å². The van der Waals surface area contributed by atoms with Crippen molar-refractivity contribution in [3.8, 4) is 11.5 Å². The number of nitrogens with zero attached hydrogens (tertiary/aromatic N) is 4. The van der Waals surface area contributed by atoms with E-state index in [-0.39, 0.29) is 5.95 Å². The molecule has 0 saturated carbocycles. The number of aromatic nitrogens is 4. The highest BCUT2D eigenvalue weighted by atomic mass is 16.5. The molecule has 2 aromatic heterocycles. The number of ether oxygens (including phenoxy) is 2. The molecule has 0 aliphatic carbocycles. The fourth-order valence-corrected chi connectivity index (χ4v) is 3.73. The van der Waals surface area contributed by atoms with E-state index < -0.39 is 0 Å². The highest BCUT2D eigenvalue weighted by Crippen LogP contribution is 2.35. The first-order valence-electron chi connectivity index (χ1n) is 10.5. The number of aryl methyl sites for hydroxylation is 1. The molecule has 1 saturated heterocycles. The molecule has 4 rings (SSSR count). The SMILES string of the molecule is CCc1cc(Nc2nc(N)nc3cc(OCCCN4CCCC4)c(OC)cc23)n[nH]1. The van der Waals surface area contributed by atoms with Crippen LogP contribution in [0, 0.1) is 0 Å². The van der Waals surface area contributed by atoms with Gasteiger partial charge < -0.3 is 25.4 Å². The second-order valence-corrected chi connectivity index (χ2v) is 7.46. The fourth-order valence-electron chi connectivity index (χ4n) is 3.73. The Balaban J connectivity index is 1.54. The Bertz CT molecular complexity index is 998. The summed E-state index contributed by atoms with van der Waals surface area (Å²) in [7, 11) is 1.63. The van der Waals surface area contributed by atoms with Gasteiger partial charge >= 0.3 is 0 Å². The molecule has 0 radical (unpaired) electrons. The Kier molecular flexibility index (Phi) is 6.18. The zero-order chi connectivity index (χ0) is 20.9. The summed E-state index contributed by atoms with van der Waals surface area (Å²) in [6.07, 6.45) is 4.44. The minimum atomic E-state index is 0.182. The molecule has 1 aromatic carbocycles. The average molecular weight is 412 g/mol. The summed E-state index contributed by atoms with van der Waals surface area (Å²) in [6, 6.07) is 5.68. The highest BCUT2D eigenvalue weighted by Gasteiger charge is 2.15. The van der Waals surface area contributed by atoms with E-state index in [1.54, 1.807) is 7.11 Å². The number of aromatic amines is 1. The summed E-state index contributed by atoms with van der Waals surface area (Å²) in [6.45, 7) is 6.13. The van der Waals surface area contributed by atoms with Gasteiger partial charge in [-0.15, -0.1) is 0 Å². The fraction of sp³-hybridized carbons (Fsp3) is 0.476. The van der Waals surface area contributed by atoms with Crippen molar-refractivity contribution in [2.75, 3.05) is 44.4 Å². The Morgan fingerprint density at radius 3 is 2.73 bits per heavy atom. The predicted molar refractivity (Wildman–Crippen MR) is 118 cm³/mol. The van der Waals surface area contributed by atoms with Crippen molar-refractivity contribution in [2.24, 2.45) is 0 Å². The number of fused-ring (bicyclic) bond motifs is 1. The molecule has 30 heavy (non-hydrogen) atoms. The van der Waals surface area contributed by atoms with Crippen LogP contribution in [0.2, 0.25) is 0 Å². The van der Waals surface area contributed by atoms with Crippen LogP contribution in [0.1, 0.15) is 31.9 Å². The standard InChI is InChI=1S/C21H29N7O2/c1-3-14-11-19(27-26-14)24-20-15-12-17(29-2)18(13-16(15)23-21(22)25-20)30-10-6-9-28-7-4-5-8-28/h11-13H,3-10H2,1-2H3,(H4,22,23,24,25,26,27). The summed E-state index contributed by atoms with van der Waals surface area (Å²) in [4.78, 5) is 11.2. The zero-order valence-electron chi connectivity index (χ0n) is 17.6. The van der Waals surface area contributed by atoms with Crippen LogP contribution in [-0.2, 0) is 6.42 Å². The molecule has 3 heterocycles. The molecular weight excluding hydrogens is 382 g/mol. The maximum absolute atomic E-state index is 6.02.